The average molecular weight is 418 g/mol. The second-order valence-electron chi connectivity index (χ2n) is 6.79. The van der Waals surface area contributed by atoms with Crippen molar-refractivity contribution >= 4 is 17.7 Å². The number of allylic oxidation sites excluding steroid dienone is 1. The Labute approximate surface area is 175 Å². The van der Waals surface area contributed by atoms with Gasteiger partial charge in [0.1, 0.15) is 11.5 Å². The molecule has 3 heterocycles. The number of aliphatic hydroxyl groups excluding tert-OH is 1. The third-order valence-corrected chi connectivity index (χ3v) is 5.42. The summed E-state index contributed by atoms with van der Waals surface area (Å²) in [5.74, 6) is 1.82. The van der Waals surface area contributed by atoms with Gasteiger partial charge in [-0.1, -0.05) is 0 Å². The first-order chi connectivity index (χ1) is 14.2. The van der Waals surface area contributed by atoms with Gasteiger partial charge in [0.25, 0.3) is 0 Å². The predicted octanol–water partition coefficient (Wildman–Crippen LogP) is 2.54. The lowest BCUT2D eigenvalue weighted by molar-refractivity contribution is -0.118. The highest BCUT2D eigenvalue weighted by molar-refractivity contribution is 7.99. The van der Waals surface area contributed by atoms with Crippen LogP contribution in [0.25, 0.3) is 0 Å². The molecule has 29 heavy (non-hydrogen) atoms. The number of thioether (sulfide) groups is 1. The summed E-state index contributed by atoms with van der Waals surface area (Å²) in [4.78, 5) is 18.6. The Morgan fingerprint density at radius 3 is 3.00 bits per heavy atom. The summed E-state index contributed by atoms with van der Waals surface area (Å²) >= 11 is 1.47. The van der Waals surface area contributed by atoms with Crippen molar-refractivity contribution in [3.05, 3.63) is 65.6 Å². The molecule has 0 radical (unpaired) electrons. The number of aromatic nitrogens is 1. The zero-order chi connectivity index (χ0) is 20.3. The topological polar surface area (TPSA) is 87.8 Å². The van der Waals surface area contributed by atoms with Gasteiger partial charge < -0.3 is 19.6 Å². The molecule has 0 spiro atoms. The van der Waals surface area contributed by atoms with Crippen LogP contribution in [0.2, 0.25) is 0 Å². The first kappa shape index (κ1) is 21.4. The van der Waals surface area contributed by atoms with Crippen molar-refractivity contribution in [1.29, 1.82) is 0 Å². The summed E-state index contributed by atoms with van der Waals surface area (Å²) < 4.78 is 10.6. The first-order valence-corrected chi connectivity index (χ1v) is 10.8. The first-order valence-electron chi connectivity index (χ1n) is 9.68. The number of ether oxygens (including phenoxy) is 1. The number of nitrogens with one attached hydrogen (secondary N) is 1. The van der Waals surface area contributed by atoms with E-state index < -0.39 is 0 Å². The molecule has 0 bridgehead atoms. The Morgan fingerprint density at radius 2 is 2.21 bits per heavy atom. The number of pyridine rings is 1. The third-order valence-electron chi connectivity index (χ3n) is 4.46. The molecule has 0 atom stereocenters. The Hall–Kier alpha value is -2.29. The molecule has 0 unspecified atom stereocenters. The number of rotatable bonds is 10. The number of hydrogen-bond acceptors (Lipinski definition) is 7. The second-order valence-corrected chi connectivity index (χ2v) is 7.78. The minimum atomic E-state index is -0.118. The van der Waals surface area contributed by atoms with E-state index >= 15 is 0 Å². The van der Waals surface area contributed by atoms with Crippen molar-refractivity contribution in [2.45, 2.75) is 18.7 Å². The molecule has 2 aromatic rings. The lowest BCUT2D eigenvalue weighted by atomic mass is 10.1. The predicted molar refractivity (Wildman–Crippen MR) is 113 cm³/mol. The smallest absolute Gasteiger partial charge is 0.230 e. The number of morpholine rings is 1. The number of carbonyl (C=O) groups excluding carboxylic acids is 1. The van der Waals surface area contributed by atoms with Crippen molar-refractivity contribution in [1.82, 2.24) is 15.2 Å². The van der Waals surface area contributed by atoms with E-state index in [4.69, 9.17) is 9.15 Å². The molecule has 1 aliphatic heterocycles. The van der Waals surface area contributed by atoms with Crippen molar-refractivity contribution in [3.63, 3.8) is 0 Å². The molecule has 1 aliphatic rings. The molecule has 0 aromatic carbocycles. The minimum Gasteiger partial charge on any atom is -0.511 e. The molecule has 0 saturated carbocycles. The molecule has 1 saturated heterocycles. The molecule has 8 heteroatoms. The fourth-order valence-electron chi connectivity index (χ4n) is 2.93. The molecule has 2 N–H and O–H groups in total. The van der Waals surface area contributed by atoms with Gasteiger partial charge in [0.2, 0.25) is 5.91 Å². The van der Waals surface area contributed by atoms with E-state index in [1.807, 2.05) is 18.2 Å². The van der Waals surface area contributed by atoms with Crippen molar-refractivity contribution in [2.75, 3.05) is 38.6 Å². The van der Waals surface area contributed by atoms with E-state index in [-0.39, 0.29) is 18.2 Å². The highest BCUT2D eigenvalue weighted by atomic mass is 32.2. The van der Waals surface area contributed by atoms with Crippen LogP contribution >= 0.6 is 11.8 Å². The van der Waals surface area contributed by atoms with Crippen LogP contribution in [0.3, 0.4) is 0 Å². The van der Waals surface area contributed by atoms with E-state index in [1.54, 1.807) is 18.5 Å². The van der Waals surface area contributed by atoms with Crippen LogP contribution in [0, 0.1) is 0 Å². The van der Waals surface area contributed by atoms with E-state index in [0.29, 0.717) is 17.9 Å². The monoisotopic (exact) mass is 417 g/mol. The lowest BCUT2D eigenvalue weighted by Crippen LogP contribution is -2.35. The number of furan rings is 1. The van der Waals surface area contributed by atoms with Gasteiger partial charge >= 0.3 is 0 Å². The minimum absolute atomic E-state index is 0.118. The zero-order valence-corrected chi connectivity index (χ0v) is 17.2. The largest absolute Gasteiger partial charge is 0.511 e. The van der Waals surface area contributed by atoms with Gasteiger partial charge in [0.15, 0.2) is 0 Å². The number of aliphatic hydroxyl groups is 1. The number of hydrogen-bond donors (Lipinski definition) is 2. The molecular formula is C21H27N3O4S. The Balaban J connectivity index is 1.37. The summed E-state index contributed by atoms with van der Waals surface area (Å²) in [6.07, 6.45) is 5.63. The van der Waals surface area contributed by atoms with Gasteiger partial charge in [-0.2, -0.15) is 0 Å². The van der Waals surface area contributed by atoms with E-state index in [1.165, 1.54) is 17.3 Å². The van der Waals surface area contributed by atoms with Crippen LogP contribution in [0.4, 0.5) is 0 Å². The summed E-state index contributed by atoms with van der Waals surface area (Å²) in [6, 6.07) is 7.78. The maximum absolute atomic E-state index is 11.9. The molecule has 2 aromatic heterocycles. The van der Waals surface area contributed by atoms with Crippen molar-refractivity contribution in [2.24, 2.45) is 0 Å². The highest BCUT2D eigenvalue weighted by Gasteiger charge is 2.11. The van der Waals surface area contributed by atoms with Crippen LogP contribution in [0.5, 0.6) is 0 Å². The zero-order valence-electron chi connectivity index (χ0n) is 16.4. The van der Waals surface area contributed by atoms with Crippen LogP contribution in [-0.4, -0.2) is 59.5 Å². The lowest BCUT2D eigenvalue weighted by Gasteiger charge is -2.26. The molecule has 1 fully saturated rings. The number of amides is 1. The van der Waals surface area contributed by atoms with Crippen LogP contribution in [-0.2, 0) is 28.2 Å². The summed E-state index contributed by atoms with van der Waals surface area (Å²) in [7, 11) is 0. The number of nitrogens with zero attached hydrogens (tertiary/aromatic N) is 2. The van der Waals surface area contributed by atoms with Gasteiger partial charge in [-0.25, -0.2) is 0 Å². The Bertz CT molecular complexity index is 789. The Kier molecular flexibility index (Phi) is 8.60. The van der Waals surface area contributed by atoms with E-state index in [2.05, 4.69) is 21.3 Å². The van der Waals surface area contributed by atoms with Crippen LogP contribution in [0.15, 0.2) is 53.0 Å². The van der Waals surface area contributed by atoms with Gasteiger partial charge in [0.05, 0.1) is 37.5 Å². The molecular weight excluding hydrogens is 390 g/mol. The third kappa shape index (κ3) is 7.92. The summed E-state index contributed by atoms with van der Waals surface area (Å²) in [5.41, 5.74) is 2.09. The normalized spacial score (nSPS) is 15.4. The maximum Gasteiger partial charge on any atom is 0.230 e. The fraction of sp³-hybridized carbons (Fsp3) is 0.429. The standard InChI is InChI=1S/C21H27N3O4S/c25-19(13-23-21(26)16-29-15-20-2-1-9-28-20)4-3-18-12-17(5-6-22-18)14-24-7-10-27-11-8-24/h1-2,4-6,9,12,25H,3,7-8,10-11,13-16H2,(H,23,26). The summed E-state index contributed by atoms with van der Waals surface area (Å²) in [6.45, 7) is 4.44. The van der Waals surface area contributed by atoms with Crippen molar-refractivity contribution < 1.29 is 19.1 Å². The second kappa shape index (κ2) is 11.6. The number of carbonyl (C=O) groups is 1. The van der Waals surface area contributed by atoms with Crippen LogP contribution in [0.1, 0.15) is 17.0 Å². The average Bonchev–Trinajstić information content (AvgIpc) is 3.25. The van der Waals surface area contributed by atoms with Gasteiger partial charge in [0, 0.05) is 37.9 Å². The highest BCUT2D eigenvalue weighted by Crippen LogP contribution is 2.12. The fourth-order valence-corrected chi connectivity index (χ4v) is 3.68. The molecule has 1 amide bonds. The molecule has 156 valence electrons. The van der Waals surface area contributed by atoms with Gasteiger partial charge in [-0.3, -0.25) is 14.7 Å². The van der Waals surface area contributed by atoms with Crippen LogP contribution < -0.4 is 5.32 Å². The summed E-state index contributed by atoms with van der Waals surface area (Å²) in [5, 5.41) is 12.8. The quantitative estimate of drug-likeness (QED) is 0.575. The van der Waals surface area contributed by atoms with Gasteiger partial charge in [-0.15, -0.1) is 11.8 Å². The SMILES string of the molecule is O=C(CSCc1ccco1)NCC(O)=CCc1cc(CN2CCOCC2)ccn1. The molecule has 7 nitrogen and oxygen atoms in total. The van der Waals surface area contributed by atoms with Gasteiger partial charge in [-0.05, 0) is 35.9 Å². The molecule has 0 aliphatic carbocycles. The van der Waals surface area contributed by atoms with E-state index in [9.17, 15) is 9.90 Å². The maximum atomic E-state index is 11.9. The van der Waals surface area contributed by atoms with E-state index in [0.717, 1.165) is 44.3 Å². The molecule has 3 rings (SSSR count). The van der Waals surface area contributed by atoms with Crippen molar-refractivity contribution in [3.8, 4) is 0 Å². The Morgan fingerprint density at radius 1 is 1.34 bits per heavy atom.